The van der Waals surface area contributed by atoms with Crippen molar-refractivity contribution >= 4 is 5.78 Å². The van der Waals surface area contributed by atoms with Crippen molar-refractivity contribution in [3.8, 4) is 0 Å². The van der Waals surface area contributed by atoms with Gasteiger partial charge in [0.1, 0.15) is 0 Å². The molecule has 0 saturated carbocycles. The molecule has 1 atom stereocenters. The van der Waals surface area contributed by atoms with E-state index < -0.39 is 0 Å². The Morgan fingerprint density at radius 2 is 1.93 bits per heavy atom. The summed E-state index contributed by atoms with van der Waals surface area (Å²) < 4.78 is 0. The Kier molecular flexibility index (Phi) is 2.18. The fourth-order valence-corrected chi connectivity index (χ4v) is 2.48. The van der Waals surface area contributed by atoms with Crippen molar-refractivity contribution in [3.05, 3.63) is 34.4 Å². The average Bonchev–Trinajstić information content (AvgIpc) is 1.99. The Bertz CT molecular complexity index is 390. The molecule has 14 heavy (non-hydrogen) atoms. The lowest BCUT2D eigenvalue weighted by Gasteiger charge is -2.22. The molecule has 74 valence electrons. The van der Waals surface area contributed by atoms with Crippen LogP contribution in [0.5, 0.6) is 0 Å². The molecule has 0 aromatic heterocycles. The average molecular weight is 188 g/mol. The SMILES string of the molecule is Cc1cc(C)c2c(c1)CC(C)CC2=O. The van der Waals surface area contributed by atoms with Gasteiger partial charge >= 0.3 is 0 Å². The van der Waals surface area contributed by atoms with Crippen LogP contribution in [-0.4, -0.2) is 5.78 Å². The first-order valence-electron chi connectivity index (χ1n) is 5.21. The Morgan fingerprint density at radius 3 is 2.64 bits per heavy atom. The molecule has 0 radical (unpaired) electrons. The van der Waals surface area contributed by atoms with Crippen molar-refractivity contribution in [2.45, 2.75) is 33.6 Å². The minimum atomic E-state index is 0.330. The summed E-state index contributed by atoms with van der Waals surface area (Å²) in [5, 5.41) is 0. The molecule has 0 N–H and O–H groups in total. The van der Waals surface area contributed by atoms with E-state index in [9.17, 15) is 4.79 Å². The van der Waals surface area contributed by atoms with E-state index in [-0.39, 0.29) is 0 Å². The van der Waals surface area contributed by atoms with E-state index in [2.05, 4.69) is 26.0 Å². The lowest BCUT2D eigenvalue weighted by atomic mass is 9.81. The highest BCUT2D eigenvalue weighted by atomic mass is 16.1. The lowest BCUT2D eigenvalue weighted by Crippen LogP contribution is -2.19. The highest BCUT2D eigenvalue weighted by Gasteiger charge is 2.23. The van der Waals surface area contributed by atoms with Gasteiger partial charge in [0.2, 0.25) is 0 Å². The van der Waals surface area contributed by atoms with Gasteiger partial charge in [0.15, 0.2) is 5.78 Å². The maximum absolute atomic E-state index is 11.8. The highest BCUT2D eigenvalue weighted by Crippen LogP contribution is 2.28. The third-order valence-corrected chi connectivity index (χ3v) is 2.94. The maximum Gasteiger partial charge on any atom is 0.163 e. The van der Waals surface area contributed by atoms with Gasteiger partial charge in [-0.15, -0.1) is 0 Å². The molecule has 1 aromatic carbocycles. The third-order valence-electron chi connectivity index (χ3n) is 2.94. The smallest absolute Gasteiger partial charge is 0.163 e. The minimum absolute atomic E-state index is 0.330. The molecule has 1 heteroatoms. The summed E-state index contributed by atoms with van der Waals surface area (Å²) in [4.78, 5) is 11.8. The molecular weight excluding hydrogens is 172 g/mol. The third kappa shape index (κ3) is 1.47. The molecule has 0 saturated heterocycles. The van der Waals surface area contributed by atoms with Crippen LogP contribution in [0, 0.1) is 19.8 Å². The zero-order chi connectivity index (χ0) is 10.3. The van der Waals surface area contributed by atoms with Crippen molar-refractivity contribution in [2.24, 2.45) is 5.92 Å². The normalized spacial score (nSPS) is 20.8. The second kappa shape index (κ2) is 3.23. The number of hydrogen-bond acceptors (Lipinski definition) is 1. The summed E-state index contributed by atoms with van der Waals surface area (Å²) in [6.07, 6.45) is 1.78. The van der Waals surface area contributed by atoms with Crippen molar-refractivity contribution in [1.82, 2.24) is 0 Å². The maximum atomic E-state index is 11.8. The number of ketones is 1. The molecule has 1 unspecified atom stereocenters. The quantitative estimate of drug-likeness (QED) is 0.611. The van der Waals surface area contributed by atoms with Crippen LogP contribution in [0.3, 0.4) is 0 Å². The Labute approximate surface area is 85.1 Å². The Morgan fingerprint density at radius 1 is 1.21 bits per heavy atom. The number of rotatable bonds is 0. The van der Waals surface area contributed by atoms with Gasteiger partial charge < -0.3 is 0 Å². The van der Waals surface area contributed by atoms with Gasteiger partial charge in [0, 0.05) is 12.0 Å². The number of fused-ring (bicyclic) bond motifs is 1. The summed E-state index contributed by atoms with van der Waals surface area (Å²) in [5.74, 6) is 0.840. The van der Waals surface area contributed by atoms with E-state index >= 15 is 0 Å². The monoisotopic (exact) mass is 188 g/mol. The zero-order valence-corrected chi connectivity index (χ0v) is 9.05. The first-order valence-corrected chi connectivity index (χ1v) is 5.21. The molecule has 0 heterocycles. The summed E-state index contributed by atoms with van der Waals surface area (Å²) in [6, 6.07) is 4.27. The van der Waals surface area contributed by atoms with Crippen LogP contribution in [0.4, 0.5) is 0 Å². The van der Waals surface area contributed by atoms with Gasteiger partial charge in [-0.2, -0.15) is 0 Å². The van der Waals surface area contributed by atoms with Gasteiger partial charge in [0.05, 0.1) is 0 Å². The fraction of sp³-hybridized carbons (Fsp3) is 0.462. The van der Waals surface area contributed by atoms with Crippen molar-refractivity contribution < 1.29 is 4.79 Å². The lowest BCUT2D eigenvalue weighted by molar-refractivity contribution is 0.0952. The number of benzene rings is 1. The molecule has 0 bridgehead atoms. The van der Waals surface area contributed by atoms with Crippen LogP contribution in [0.2, 0.25) is 0 Å². The first kappa shape index (κ1) is 9.45. The molecule has 0 spiro atoms. The van der Waals surface area contributed by atoms with E-state index in [0.717, 1.165) is 24.0 Å². The van der Waals surface area contributed by atoms with Crippen LogP contribution in [0.15, 0.2) is 12.1 Å². The summed E-state index contributed by atoms with van der Waals surface area (Å²) >= 11 is 0. The molecule has 0 aliphatic heterocycles. The van der Waals surface area contributed by atoms with E-state index in [1.807, 2.05) is 6.92 Å². The Balaban J connectivity index is 2.59. The molecule has 0 fully saturated rings. The predicted octanol–water partition coefficient (Wildman–Crippen LogP) is 3.07. The Hall–Kier alpha value is -1.11. The first-order chi connectivity index (χ1) is 6.58. The molecule has 1 aliphatic carbocycles. The fourth-order valence-electron chi connectivity index (χ4n) is 2.48. The van der Waals surface area contributed by atoms with Crippen LogP contribution >= 0.6 is 0 Å². The summed E-state index contributed by atoms with van der Waals surface area (Å²) in [6.45, 7) is 6.29. The van der Waals surface area contributed by atoms with Crippen molar-refractivity contribution in [2.75, 3.05) is 0 Å². The molecule has 1 aliphatic rings. The standard InChI is InChI=1S/C13H16O/c1-8-4-10(3)13-11(5-8)6-9(2)7-12(13)14/h4-5,9H,6-7H2,1-3H3. The predicted molar refractivity (Wildman–Crippen MR) is 57.7 cm³/mol. The van der Waals surface area contributed by atoms with Crippen molar-refractivity contribution in [1.29, 1.82) is 0 Å². The zero-order valence-electron chi connectivity index (χ0n) is 9.05. The van der Waals surface area contributed by atoms with Gasteiger partial charge in [-0.25, -0.2) is 0 Å². The number of Topliss-reactive ketones (excluding diaryl/α,β-unsaturated/α-hetero) is 1. The molecule has 2 rings (SSSR count). The van der Waals surface area contributed by atoms with Gasteiger partial charge in [-0.05, 0) is 37.3 Å². The molecular formula is C13H16O. The number of hydrogen-bond donors (Lipinski definition) is 0. The van der Waals surface area contributed by atoms with Crippen LogP contribution < -0.4 is 0 Å². The second-order valence-corrected chi connectivity index (χ2v) is 4.55. The van der Waals surface area contributed by atoms with Crippen LogP contribution in [0.1, 0.15) is 40.4 Å². The number of carbonyl (C=O) groups excluding carboxylic acids is 1. The molecule has 1 nitrogen and oxygen atoms in total. The van der Waals surface area contributed by atoms with E-state index in [0.29, 0.717) is 11.7 Å². The van der Waals surface area contributed by atoms with E-state index in [1.54, 1.807) is 0 Å². The minimum Gasteiger partial charge on any atom is -0.294 e. The van der Waals surface area contributed by atoms with Crippen molar-refractivity contribution in [3.63, 3.8) is 0 Å². The number of carbonyl (C=O) groups is 1. The van der Waals surface area contributed by atoms with E-state index in [4.69, 9.17) is 0 Å². The van der Waals surface area contributed by atoms with Gasteiger partial charge in [-0.3, -0.25) is 4.79 Å². The molecule has 1 aromatic rings. The van der Waals surface area contributed by atoms with Gasteiger partial charge in [0.25, 0.3) is 0 Å². The number of aryl methyl sites for hydroxylation is 2. The van der Waals surface area contributed by atoms with Crippen LogP contribution in [-0.2, 0) is 6.42 Å². The summed E-state index contributed by atoms with van der Waals surface area (Å²) in [5.41, 5.74) is 4.67. The summed E-state index contributed by atoms with van der Waals surface area (Å²) in [7, 11) is 0. The van der Waals surface area contributed by atoms with Crippen LogP contribution in [0.25, 0.3) is 0 Å². The highest BCUT2D eigenvalue weighted by molar-refractivity contribution is 6.00. The van der Waals surface area contributed by atoms with Gasteiger partial charge in [-0.1, -0.05) is 24.6 Å². The topological polar surface area (TPSA) is 17.1 Å². The van der Waals surface area contributed by atoms with E-state index in [1.165, 1.54) is 11.1 Å². The largest absolute Gasteiger partial charge is 0.294 e. The molecule has 0 amide bonds. The second-order valence-electron chi connectivity index (χ2n) is 4.55.